The van der Waals surface area contributed by atoms with E-state index in [0.717, 1.165) is 18.8 Å². The van der Waals surface area contributed by atoms with E-state index in [-0.39, 0.29) is 0 Å². The first kappa shape index (κ1) is 12.8. The quantitative estimate of drug-likeness (QED) is 0.882. The molecule has 0 aromatic carbocycles. The number of aromatic nitrogens is 1. The highest BCUT2D eigenvalue weighted by Gasteiger charge is 2.27. The summed E-state index contributed by atoms with van der Waals surface area (Å²) in [6, 6.07) is 8.12. The zero-order chi connectivity index (χ0) is 13.0. The Kier molecular flexibility index (Phi) is 4.16. The molecule has 0 amide bonds. The molecule has 2 unspecified atom stereocenters. The average molecular weight is 244 g/mol. The van der Waals surface area contributed by atoms with E-state index in [9.17, 15) is 0 Å². The van der Waals surface area contributed by atoms with Crippen LogP contribution in [0.5, 0.6) is 0 Å². The van der Waals surface area contributed by atoms with E-state index >= 15 is 0 Å². The minimum absolute atomic E-state index is 0.449. The molecule has 1 aromatic rings. The molecule has 2 atom stereocenters. The van der Waals surface area contributed by atoms with Crippen LogP contribution in [-0.2, 0) is 0 Å². The van der Waals surface area contributed by atoms with E-state index in [0.29, 0.717) is 17.7 Å². The van der Waals surface area contributed by atoms with Gasteiger partial charge in [-0.15, -0.1) is 0 Å². The maximum atomic E-state index is 8.90. The summed E-state index contributed by atoms with van der Waals surface area (Å²) in [5.41, 5.74) is 6.34. The van der Waals surface area contributed by atoms with Crippen molar-refractivity contribution in [2.75, 3.05) is 18.5 Å². The lowest BCUT2D eigenvalue weighted by molar-refractivity contribution is 0.305. The molecule has 0 aliphatic heterocycles. The molecule has 18 heavy (non-hydrogen) atoms. The fourth-order valence-corrected chi connectivity index (χ4v) is 2.82. The highest BCUT2D eigenvalue weighted by Crippen LogP contribution is 2.29. The normalized spacial score (nSPS) is 23.4. The van der Waals surface area contributed by atoms with Gasteiger partial charge in [-0.2, -0.15) is 5.26 Å². The number of nitriles is 1. The second kappa shape index (κ2) is 5.83. The van der Waals surface area contributed by atoms with Gasteiger partial charge in [-0.05, 0) is 37.4 Å². The van der Waals surface area contributed by atoms with Crippen molar-refractivity contribution in [2.24, 2.45) is 11.7 Å². The third kappa shape index (κ3) is 2.62. The van der Waals surface area contributed by atoms with Gasteiger partial charge in [0.05, 0.1) is 0 Å². The maximum absolute atomic E-state index is 8.90. The molecule has 96 valence electrons. The molecule has 1 aliphatic rings. The topological polar surface area (TPSA) is 65.9 Å². The minimum Gasteiger partial charge on any atom is -0.356 e. The SMILES string of the molecule is CN(c1cccc(C#N)n1)C1CCCCC1CN. The summed E-state index contributed by atoms with van der Waals surface area (Å²) in [5, 5.41) is 8.90. The lowest BCUT2D eigenvalue weighted by Crippen LogP contribution is -2.43. The Morgan fingerprint density at radius 1 is 1.44 bits per heavy atom. The highest BCUT2D eigenvalue weighted by atomic mass is 15.2. The molecule has 0 radical (unpaired) electrons. The van der Waals surface area contributed by atoms with Crippen molar-refractivity contribution in [3.05, 3.63) is 23.9 Å². The maximum Gasteiger partial charge on any atom is 0.142 e. The van der Waals surface area contributed by atoms with Gasteiger partial charge in [0.1, 0.15) is 17.6 Å². The monoisotopic (exact) mass is 244 g/mol. The van der Waals surface area contributed by atoms with E-state index in [4.69, 9.17) is 11.0 Å². The number of nitrogens with two attached hydrogens (primary N) is 1. The first-order chi connectivity index (χ1) is 8.76. The Morgan fingerprint density at radius 3 is 2.94 bits per heavy atom. The zero-order valence-electron chi connectivity index (χ0n) is 10.8. The lowest BCUT2D eigenvalue weighted by Gasteiger charge is -2.38. The number of hydrogen-bond acceptors (Lipinski definition) is 4. The second-order valence-corrected chi connectivity index (χ2v) is 4.95. The van der Waals surface area contributed by atoms with Gasteiger partial charge in [-0.3, -0.25) is 0 Å². The van der Waals surface area contributed by atoms with Crippen LogP contribution in [0, 0.1) is 17.2 Å². The van der Waals surface area contributed by atoms with E-state index in [2.05, 4.69) is 23.0 Å². The molecule has 4 nitrogen and oxygen atoms in total. The molecule has 2 rings (SSSR count). The standard InChI is InChI=1S/C14H20N4/c1-18(13-7-3-2-5-11(13)9-15)14-8-4-6-12(10-16)17-14/h4,6,8,11,13H,2-3,5,7,9,15H2,1H3. The van der Waals surface area contributed by atoms with Crippen molar-refractivity contribution in [3.63, 3.8) is 0 Å². The van der Waals surface area contributed by atoms with Gasteiger partial charge in [0.15, 0.2) is 0 Å². The summed E-state index contributed by atoms with van der Waals surface area (Å²) in [6.45, 7) is 0.729. The molecular formula is C14H20N4. The summed E-state index contributed by atoms with van der Waals surface area (Å²) in [4.78, 5) is 6.55. The molecule has 0 spiro atoms. The minimum atomic E-state index is 0.449. The number of hydrogen-bond donors (Lipinski definition) is 1. The largest absolute Gasteiger partial charge is 0.356 e. The molecule has 0 saturated heterocycles. The Morgan fingerprint density at radius 2 is 2.22 bits per heavy atom. The Labute approximate surface area is 108 Å². The van der Waals surface area contributed by atoms with Gasteiger partial charge in [0.25, 0.3) is 0 Å². The Balaban J connectivity index is 2.18. The molecule has 1 saturated carbocycles. The Bertz CT molecular complexity index is 438. The molecule has 1 aliphatic carbocycles. The fourth-order valence-electron chi connectivity index (χ4n) is 2.82. The van der Waals surface area contributed by atoms with Crippen molar-refractivity contribution in [2.45, 2.75) is 31.7 Å². The van der Waals surface area contributed by atoms with E-state index in [1.807, 2.05) is 12.1 Å². The summed E-state index contributed by atoms with van der Waals surface area (Å²) in [6.07, 6.45) is 4.89. The van der Waals surface area contributed by atoms with Crippen LogP contribution in [0.1, 0.15) is 31.4 Å². The highest BCUT2D eigenvalue weighted by molar-refractivity contribution is 5.42. The van der Waals surface area contributed by atoms with Crippen LogP contribution in [0.25, 0.3) is 0 Å². The first-order valence-electron chi connectivity index (χ1n) is 6.56. The molecule has 1 fully saturated rings. The molecule has 1 heterocycles. The molecule has 0 bridgehead atoms. The third-order valence-corrected chi connectivity index (χ3v) is 3.88. The molecule has 2 N–H and O–H groups in total. The van der Waals surface area contributed by atoms with Crippen molar-refractivity contribution in [1.82, 2.24) is 4.98 Å². The zero-order valence-corrected chi connectivity index (χ0v) is 10.8. The van der Waals surface area contributed by atoms with E-state index in [1.165, 1.54) is 19.3 Å². The van der Waals surface area contributed by atoms with Crippen LogP contribution >= 0.6 is 0 Å². The number of pyridine rings is 1. The van der Waals surface area contributed by atoms with Gasteiger partial charge < -0.3 is 10.6 Å². The predicted molar refractivity (Wildman–Crippen MR) is 72.2 cm³/mol. The average Bonchev–Trinajstić information content (AvgIpc) is 2.46. The first-order valence-corrected chi connectivity index (χ1v) is 6.56. The van der Waals surface area contributed by atoms with Crippen LogP contribution in [0.3, 0.4) is 0 Å². The van der Waals surface area contributed by atoms with Crippen LogP contribution in [0.15, 0.2) is 18.2 Å². The molecule has 4 heteroatoms. The van der Waals surface area contributed by atoms with E-state index < -0.39 is 0 Å². The van der Waals surface area contributed by atoms with Gasteiger partial charge >= 0.3 is 0 Å². The summed E-state index contributed by atoms with van der Waals surface area (Å²) in [7, 11) is 2.06. The van der Waals surface area contributed by atoms with Crippen molar-refractivity contribution >= 4 is 5.82 Å². The van der Waals surface area contributed by atoms with E-state index in [1.54, 1.807) is 6.07 Å². The van der Waals surface area contributed by atoms with Crippen molar-refractivity contribution in [3.8, 4) is 6.07 Å². The smallest absolute Gasteiger partial charge is 0.142 e. The summed E-state index contributed by atoms with van der Waals surface area (Å²) < 4.78 is 0. The van der Waals surface area contributed by atoms with Crippen LogP contribution in [0.2, 0.25) is 0 Å². The van der Waals surface area contributed by atoms with Gasteiger partial charge in [-0.25, -0.2) is 4.98 Å². The number of nitrogens with zero attached hydrogens (tertiary/aromatic N) is 3. The lowest BCUT2D eigenvalue weighted by atomic mass is 9.84. The molecular weight excluding hydrogens is 224 g/mol. The fraction of sp³-hybridized carbons (Fsp3) is 0.571. The summed E-state index contributed by atoms with van der Waals surface area (Å²) in [5.74, 6) is 1.41. The Hall–Kier alpha value is -1.60. The van der Waals surface area contributed by atoms with Crippen LogP contribution in [-0.4, -0.2) is 24.6 Å². The van der Waals surface area contributed by atoms with Crippen LogP contribution < -0.4 is 10.6 Å². The molecule has 1 aromatic heterocycles. The van der Waals surface area contributed by atoms with Gasteiger partial charge in [0.2, 0.25) is 0 Å². The summed E-state index contributed by atoms with van der Waals surface area (Å²) >= 11 is 0. The number of anilines is 1. The second-order valence-electron chi connectivity index (χ2n) is 4.95. The van der Waals surface area contributed by atoms with Gasteiger partial charge in [0, 0.05) is 13.1 Å². The van der Waals surface area contributed by atoms with Crippen LogP contribution in [0.4, 0.5) is 5.82 Å². The van der Waals surface area contributed by atoms with Crippen molar-refractivity contribution in [1.29, 1.82) is 5.26 Å². The third-order valence-electron chi connectivity index (χ3n) is 3.88. The van der Waals surface area contributed by atoms with Crippen molar-refractivity contribution < 1.29 is 0 Å². The number of rotatable bonds is 3. The van der Waals surface area contributed by atoms with Gasteiger partial charge in [-0.1, -0.05) is 18.9 Å². The predicted octanol–water partition coefficient (Wildman–Crippen LogP) is 1.91.